The second-order valence-corrected chi connectivity index (χ2v) is 9.52. The number of para-hydroxylation sites is 1. The first-order chi connectivity index (χ1) is 15.1. The third-order valence-electron chi connectivity index (χ3n) is 5.99. The van der Waals surface area contributed by atoms with Crippen LogP contribution < -0.4 is 10.1 Å². The first-order valence-electron chi connectivity index (χ1n) is 11.2. The lowest BCUT2D eigenvalue weighted by Gasteiger charge is -2.32. The van der Waals surface area contributed by atoms with Crippen molar-refractivity contribution in [3.8, 4) is 10.9 Å². The fourth-order valence-corrected chi connectivity index (χ4v) is 4.73. The number of benzene rings is 2. The van der Waals surface area contributed by atoms with Gasteiger partial charge in [0.2, 0.25) is 5.91 Å². The maximum absolute atomic E-state index is 12.1. The molecule has 1 N–H and O–H groups in total. The summed E-state index contributed by atoms with van der Waals surface area (Å²) in [5.41, 5.74) is 2.24. The van der Waals surface area contributed by atoms with Crippen molar-refractivity contribution in [1.29, 1.82) is 0 Å². The molecule has 1 unspecified atom stereocenters. The number of ether oxygens (including phenoxy) is 1. The Morgan fingerprint density at radius 2 is 1.94 bits per heavy atom. The SMILES string of the molecule is CCC(C)CC(=O)NC1CCN(Cc2ccc(Oc3nc4ccccc4s3)cc2)CC1. The quantitative estimate of drug-likeness (QED) is 0.498. The summed E-state index contributed by atoms with van der Waals surface area (Å²) >= 11 is 1.56. The van der Waals surface area contributed by atoms with E-state index in [0.29, 0.717) is 23.6 Å². The zero-order valence-corrected chi connectivity index (χ0v) is 19.2. The molecule has 1 saturated heterocycles. The number of nitrogens with one attached hydrogen (secondary N) is 1. The molecule has 4 rings (SSSR count). The molecule has 0 radical (unpaired) electrons. The second kappa shape index (κ2) is 10.2. The van der Waals surface area contributed by atoms with Crippen LogP contribution in [0, 0.1) is 5.92 Å². The molecule has 6 heteroatoms. The van der Waals surface area contributed by atoms with Gasteiger partial charge in [-0.15, -0.1) is 0 Å². The van der Waals surface area contributed by atoms with Gasteiger partial charge in [-0.3, -0.25) is 9.69 Å². The van der Waals surface area contributed by atoms with Gasteiger partial charge in [0, 0.05) is 32.1 Å². The van der Waals surface area contributed by atoms with E-state index in [4.69, 9.17) is 4.74 Å². The number of aromatic nitrogens is 1. The van der Waals surface area contributed by atoms with E-state index in [-0.39, 0.29) is 5.91 Å². The van der Waals surface area contributed by atoms with Crippen LogP contribution in [0.2, 0.25) is 0 Å². The van der Waals surface area contributed by atoms with E-state index in [0.717, 1.165) is 54.9 Å². The summed E-state index contributed by atoms with van der Waals surface area (Å²) in [5, 5.41) is 3.89. The van der Waals surface area contributed by atoms with Crippen LogP contribution in [-0.2, 0) is 11.3 Å². The van der Waals surface area contributed by atoms with Crippen LogP contribution in [0.25, 0.3) is 10.2 Å². The number of hydrogen-bond donors (Lipinski definition) is 1. The minimum absolute atomic E-state index is 0.205. The Hall–Kier alpha value is -2.44. The van der Waals surface area contributed by atoms with Gasteiger partial charge in [0.1, 0.15) is 5.75 Å². The van der Waals surface area contributed by atoms with Crippen LogP contribution in [0.15, 0.2) is 48.5 Å². The maximum Gasteiger partial charge on any atom is 0.279 e. The number of likely N-dealkylation sites (tertiary alicyclic amines) is 1. The Kier molecular flexibility index (Phi) is 7.20. The summed E-state index contributed by atoms with van der Waals surface area (Å²) in [6.07, 6.45) is 3.73. The second-order valence-electron chi connectivity index (χ2n) is 8.53. The molecule has 1 amide bonds. The molecule has 0 bridgehead atoms. The molecule has 1 fully saturated rings. The smallest absolute Gasteiger partial charge is 0.279 e. The van der Waals surface area contributed by atoms with E-state index in [9.17, 15) is 4.79 Å². The molecule has 1 aliphatic heterocycles. The van der Waals surface area contributed by atoms with E-state index < -0.39 is 0 Å². The van der Waals surface area contributed by atoms with Crippen molar-refractivity contribution in [2.24, 2.45) is 5.92 Å². The number of piperidine rings is 1. The highest BCUT2D eigenvalue weighted by Crippen LogP contribution is 2.31. The summed E-state index contributed by atoms with van der Waals surface area (Å²) in [7, 11) is 0. The number of amides is 1. The number of hydrogen-bond acceptors (Lipinski definition) is 5. The van der Waals surface area contributed by atoms with Gasteiger partial charge in [-0.1, -0.05) is 55.9 Å². The summed E-state index contributed by atoms with van der Waals surface area (Å²) in [5.74, 6) is 1.48. The molecule has 31 heavy (non-hydrogen) atoms. The fraction of sp³-hybridized carbons (Fsp3) is 0.440. The molecule has 2 heterocycles. The Morgan fingerprint density at radius 1 is 1.19 bits per heavy atom. The lowest BCUT2D eigenvalue weighted by molar-refractivity contribution is -0.122. The predicted molar refractivity (Wildman–Crippen MR) is 127 cm³/mol. The number of carbonyl (C=O) groups is 1. The molecule has 0 aliphatic carbocycles. The Bertz CT molecular complexity index is 960. The highest BCUT2D eigenvalue weighted by atomic mass is 32.1. The zero-order chi connectivity index (χ0) is 21.6. The zero-order valence-electron chi connectivity index (χ0n) is 18.3. The molecule has 2 aromatic carbocycles. The number of nitrogens with zero attached hydrogens (tertiary/aromatic N) is 2. The van der Waals surface area contributed by atoms with E-state index in [1.165, 1.54) is 5.56 Å². The number of thiazole rings is 1. The monoisotopic (exact) mass is 437 g/mol. The molecule has 164 valence electrons. The Morgan fingerprint density at radius 3 is 2.65 bits per heavy atom. The topological polar surface area (TPSA) is 54.5 Å². The number of carbonyl (C=O) groups excluding carboxylic acids is 1. The molecule has 1 aliphatic rings. The van der Waals surface area contributed by atoms with Crippen LogP contribution in [0.1, 0.15) is 45.1 Å². The van der Waals surface area contributed by atoms with E-state index >= 15 is 0 Å². The molecule has 1 atom stereocenters. The average molecular weight is 438 g/mol. The van der Waals surface area contributed by atoms with Crippen LogP contribution in [0.5, 0.6) is 10.9 Å². The van der Waals surface area contributed by atoms with Crippen LogP contribution in [-0.4, -0.2) is 34.9 Å². The molecule has 1 aromatic heterocycles. The van der Waals surface area contributed by atoms with Crippen molar-refractivity contribution in [2.45, 2.75) is 52.1 Å². The van der Waals surface area contributed by atoms with Crippen molar-refractivity contribution in [1.82, 2.24) is 15.2 Å². The van der Waals surface area contributed by atoms with E-state index in [2.05, 4.69) is 47.2 Å². The van der Waals surface area contributed by atoms with Gasteiger partial charge in [-0.05, 0) is 48.6 Å². The maximum atomic E-state index is 12.1. The van der Waals surface area contributed by atoms with Crippen molar-refractivity contribution in [2.75, 3.05) is 13.1 Å². The molecule has 5 nitrogen and oxygen atoms in total. The lowest BCUT2D eigenvalue weighted by Crippen LogP contribution is -2.44. The van der Waals surface area contributed by atoms with Gasteiger partial charge in [0.15, 0.2) is 0 Å². The highest BCUT2D eigenvalue weighted by molar-refractivity contribution is 7.20. The van der Waals surface area contributed by atoms with Gasteiger partial charge in [0.25, 0.3) is 5.19 Å². The van der Waals surface area contributed by atoms with Crippen LogP contribution in [0.4, 0.5) is 0 Å². The standard InChI is InChI=1S/C25H31N3O2S/c1-3-18(2)16-24(29)26-20-12-14-28(15-13-20)17-19-8-10-21(11-9-19)30-25-27-22-6-4-5-7-23(22)31-25/h4-11,18,20H,3,12-17H2,1-2H3,(H,26,29). The molecule has 0 saturated carbocycles. The minimum Gasteiger partial charge on any atom is -0.431 e. The number of rotatable bonds is 8. The summed E-state index contributed by atoms with van der Waals surface area (Å²) in [6, 6.07) is 16.7. The third kappa shape index (κ3) is 6.05. The first-order valence-corrected chi connectivity index (χ1v) is 12.0. The summed E-state index contributed by atoms with van der Waals surface area (Å²) in [4.78, 5) is 19.1. The van der Waals surface area contributed by atoms with E-state index in [1.54, 1.807) is 11.3 Å². The fourth-order valence-electron chi connectivity index (χ4n) is 3.90. The summed E-state index contributed by atoms with van der Waals surface area (Å²) in [6.45, 7) is 7.22. The molecular formula is C25H31N3O2S. The van der Waals surface area contributed by atoms with Gasteiger partial charge < -0.3 is 10.1 Å². The van der Waals surface area contributed by atoms with Gasteiger partial charge in [-0.2, -0.15) is 0 Å². The number of fused-ring (bicyclic) bond motifs is 1. The van der Waals surface area contributed by atoms with Gasteiger partial charge in [-0.25, -0.2) is 4.98 Å². The Balaban J connectivity index is 1.24. The molecule has 0 spiro atoms. The largest absolute Gasteiger partial charge is 0.431 e. The normalized spacial score (nSPS) is 16.3. The first kappa shape index (κ1) is 21.8. The average Bonchev–Trinajstić information content (AvgIpc) is 3.18. The van der Waals surface area contributed by atoms with Crippen molar-refractivity contribution < 1.29 is 9.53 Å². The van der Waals surface area contributed by atoms with Gasteiger partial charge in [0.05, 0.1) is 10.2 Å². The Labute approximate surface area is 188 Å². The van der Waals surface area contributed by atoms with Crippen molar-refractivity contribution >= 4 is 27.5 Å². The van der Waals surface area contributed by atoms with Crippen LogP contribution >= 0.6 is 11.3 Å². The highest BCUT2D eigenvalue weighted by Gasteiger charge is 2.21. The predicted octanol–water partition coefficient (Wildman–Crippen LogP) is 5.61. The molecular weight excluding hydrogens is 406 g/mol. The van der Waals surface area contributed by atoms with Crippen molar-refractivity contribution in [3.05, 3.63) is 54.1 Å². The third-order valence-corrected chi connectivity index (χ3v) is 6.91. The lowest BCUT2D eigenvalue weighted by atomic mass is 10.0. The van der Waals surface area contributed by atoms with E-state index in [1.807, 2.05) is 30.3 Å². The van der Waals surface area contributed by atoms with Crippen LogP contribution in [0.3, 0.4) is 0 Å². The minimum atomic E-state index is 0.205. The molecule has 3 aromatic rings. The summed E-state index contributed by atoms with van der Waals surface area (Å²) < 4.78 is 7.08. The van der Waals surface area contributed by atoms with Gasteiger partial charge >= 0.3 is 0 Å². The van der Waals surface area contributed by atoms with Crippen molar-refractivity contribution in [3.63, 3.8) is 0 Å².